The Labute approximate surface area is 161 Å². The van der Waals surface area contributed by atoms with Crippen molar-refractivity contribution in [2.75, 3.05) is 11.9 Å². The fourth-order valence-electron chi connectivity index (χ4n) is 2.33. The molecule has 1 atom stereocenters. The van der Waals surface area contributed by atoms with Gasteiger partial charge in [0, 0.05) is 16.6 Å². The van der Waals surface area contributed by atoms with Crippen LogP contribution in [0.4, 0.5) is 5.69 Å². The highest BCUT2D eigenvalue weighted by Gasteiger charge is 2.19. The molecule has 9 heteroatoms. The predicted octanol–water partition coefficient (Wildman–Crippen LogP) is 2.29. The monoisotopic (exact) mass is 398 g/mol. The van der Waals surface area contributed by atoms with Crippen LogP contribution in [0.1, 0.15) is 23.9 Å². The number of benzene rings is 1. The molecule has 0 bridgehead atoms. The third-order valence-corrected chi connectivity index (χ3v) is 4.31. The molecule has 2 rings (SSSR count). The van der Waals surface area contributed by atoms with E-state index in [9.17, 15) is 9.59 Å². The number of aromatic nitrogens is 2. The summed E-state index contributed by atoms with van der Waals surface area (Å²) in [5.41, 5.74) is 2.55. The van der Waals surface area contributed by atoms with E-state index >= 15 is 0 Å². The molecule has 26 heavy (non-hydrogen) atoms. The van der Waals surface area contributed by atoms with Crippen molar-refractivity contribution < 1.29 is 14.7 Å². The molecule has 0 saturated carbocycles. The Hall–Kier alpha value is -2.09. The molecule has 1 aromatic carbocycles. The van der Waals surface area contributed by atoms with Crippen molar-refractivity contribution >= 4 is 40.7 Å². The molecule has 140 valence electrons. The first-order chi connectivity index (χ1) is 12.2. The normalized spacial score (nSPS) is 11.9. The summed E-state index contributed by atoms with van der Waals surface area (Å²) in [4.78, 5) is 23.8. The van der Waals surface area contributed by atoms with Crippen LogP contribution < -0.4 is 10.6 Å². The molecule has 1 aromatic heterocycles. The molecule has 2 amide bonds. The fraction of sp³-hybridized carbons (Fsp3) is 0.353. The van der Waals surface area contributed by atoms with E-state index in [2.05, 4.69) is 15.7 Å². The van der Waals surface area contributed by atoms with E-state index in [0.717, 1.165) is 5.56 Å². The SMILES string of the molecule is Cc1nn(Cc2ccc(Cl)cc2Cl)c(C)c1NC(=O)C(=O)NCC(C)O. The van der Waals surface area contributed by atoms with Crippen molar-refractivity contribution in [2.45, 2.75) is 33.4 Å². The van der Waals surface area contributed by atoms with Crippen molar-refractivity contribution in [2.24, 2.45) is 0 Å². The molecule has 0 fully saturated rings. The maximum atomic E-state index is 12.0. The number of aliphatic hydroxyl groups excluding tert-OH is 1. The number of amides is 2. The lowest BCUT2D eigenvalue weighted by Gasteiger charge is -2.09. The van der Waals surface area contributed by atoms with E-state index in [0.29, 0.717) is 33.7 Å². The predicted molar refractivity (Wildman–Crippen MR) is 101 cm³/mol. The smallest absolute Gasteiger partial charge is 0.313 e. The zero-order chi connectivity index (χ0) is 19.4. The standard InChI is InChI=1S/C17H20Cl2N4O3/c1-9(24)7-20-16(25)17(26)21-15-10(2)22-23(11(15)3)8-12-4-5-13(18)6-14(12)19/h4-6,9,24H,7-8H2,1-3H3,(H,20,25)(H,21,26). The molecule has 0 radical (unpaired) electrons. The lowest BCUT2D eigenvalue weighted by atomic mass is 10.2. The van der Waals surface area contributed by atoms with Gasteiger partial charge in [0.2, 0.25) is 0 Å². The van der Waals surface area contributed by atoms with Crippen LogP contribution in [0.25, 0.3) is 0 Å². The first-order valence-electron chi connectivity index (χ1n) is 7.94. The molecule has 0 spiro atoms. The second-order valence-electron chi connectivity index (χ2n) is 5.95. The van der Waals surface area contributed by atoms with E-state index < -0.39 is 17.9 Å². The minimum absolute atomic E-state index is 0.00144. The molecule has 0 aliphatic heterocycles. The van der Waals surface area contributed by atoms with Gasteiger partial charge < -0.3 is 15.7 Å². The van der Waals surface area contributed by atoms with Gasteiger partial charge in [-0.2, -0.15) is 5.10 Å². The van der Waals surface area contributed by atoms with E-state index in [4.69, 9.17) is 28.3 Å². The molecule has 1 heterocycles. The Morgan fingerprint density at radius 1 is 1.27 bits per heavy atom. The molecule has 0 aliphatic carbocycles. The zero-order valence-electron chi connectivity index (χ0n) is 14.6. The number of nitrogens with zero attached hydrogens (tertiary/aromatic N) is 2. The number of aliphatic hydroxyl groups is 1. The molecule has 1 unspecified atom stereocenters. The Bertz CT molecular complexity index is 834. The van der Waals surface area contributed by atoms with Gasteiger partial charge in [0.1, 0.15) is 0 Å². The van der Waals surface area contributed by atoms with Crippen molar-refractivity contribution in [1.29, 1.82) is 0 Å². The Morgan fingerprint density at radius 2 is 1.96 bits per heavy atom. The van der Waals surface area contributed by atoms with Gasteiger partial charge in [-0.3, -0.25) is 14.3 Å². The van der Waals surface area contributed by atoms with Gasteiger partial charge >= 0.3 is 11.8 Å². The maximum absolute atomic E-state index is 12.0. The quantitative estimate of drug-likeness (QED) is 0.673. The summed E-state index contributed by atoms with van der Waals surface area (Å²) in [7, 11) is 0. The van der Waals surface area contributed by atoms with Crippen molar-refractivity contribution in [3.8, 4) is 0 Å². The number of aryl methyl sites for hydroxylation is 1. The zero-order valence-corrected chi connectivity index (χ0v) is 16.1. The van der Waals surface area contributed by atoms with Gasteiger partial charge in [-0.05, 0) is 38.5 Å². The van der Waals surface area contributed by atoms with E-state index in [-0.39, 0.29) is 6.54 Å². The highest BCUT2D eigenvalue weighted by atomic mass is 35.5. The van der Waals surface area contributed by atoms with Crippen LogP contribution in [0.5, 0.6) is 0 Å². The number of carbonyl (C=O) groups excluding carboxylic acids is 2. The van der Waals surface area contributed by atoms with E-state index in [1.165, 1.54) is 6.92 Å². The average molecular weight is 399 g/mol. The van der Waals surface area contributed by atoms with Crippen LogP contribution in [-0.4, -0.2) is 39.4 Å². The number of hydrogen-bond donors (Lipinski definition) is 3. The van der Waals surface area contributed by atoms with Gasteiger partial charge in [0.05, 0.1) is 29.7 Å². The van der Waals surface area contributed by atoms with Crippen molar-refractivity contribution in [1.82, 2.24) is 15.1 Å². The minimum Gasteiger partial charge on any atom is -0.392 e. The minimum atomic E-state index is -0.821. The molecular formula is C17H20Cl2N4O3. The topological polar surface area (TPSA) is 96.2 Å². The summed E-state index contributed by atoms with van der Waals surface area (Å²) in [6.07, 6.45) is -0.734. The van der Waals surface area contributed by atoms with Gasteiger partial charge in [-0.15, -0.1) is 0 Å². The number of carbonyl (C=O) groups is 2. The lowest BCUT2D eigenvalue weighted by Crippen LogP contribution is -2.39. The van der Waals surface area contributed by atoms with Crippen LogP contribution in [0.3, 0.4) is 0 Å². The number of anilines is 1. The Kier molecular flexibility index (Phi) is 6.63. The average Bonchev–Trinajstić information content (AvgIpc) is 2.82. The number of rotatable bonds is 5. The third kappa shape index (κ3) is 4.97. The van der Waals surface area contributed by atoms with Crippen LogP contribution >= 0.6 is 23.2 Å². The molecular weight excluding hydrogens is 379 g/mol. The summed E-state index contributed by atoms with van der Waals surface area (Å²) in [5, 5.41) is 19.5. The van der Waals surface area contributed by atoms with Gasteiger partial charge in [-0.25, -0.2) is 0 Å². The van der Waals surface area contributed by atoms with Crippen molar-refractivity contribution in [3.63, 3.8) is 0 Å². The third-order valence-electron chi connectivity index (χ3n) is 3.72. The largest absolute Gasteiger partial charge is 0.392 e. The molecule has 2 aromatic rings. The highest BCUT2D eigenvalue weighted by molar-refractivity contribution is 6.39. The molecule has 3 N–H and O–H groups in total. The second-order valence-corrected chi connectivity index (χ2v) is 6.80. The molecule has 0 aliphatic rings. The van der Waals surface area contributed by atoms with Crippen LogP contribution in [0.2, 0.25) is 10.0 Å². The van der Waals surface area contributed by atoms with Gasteiger partial charge in [-0.1, -0.05) is 29.3 Å². The summed E-state index contributed by atoms with van der Waals surface area (Å²) >= 11 is 12.1. The molecule has 7 nitrogen and oxygen atoms in total. The first kappa shape index (κ1) is 20.2. The molecule has 0 saturated heterocycles. The number of halogens is 2. The van der Waals surface area contributed by atoms with E-state index in [1.54, 1.807) is 30.7 Å². The summed E-state index contributed by atoms with van der Waals surface area (Å²) < 4.78 is 1.69. The Balaban J connectivity index is 2.14. The first-order valence-corrected chi connectivity index (χ1v) is 8.69. The van der Waals surface area contributed by atoms with Gasteiger partial charge in [0.25, 0.3) is 0 Å². The highest BCUT2D eigenvalue weighted by Crippen LogP contribution is 2.24. The maximum Gasteiger partial charge on any atom is 0.313 e. The fourth-order valence-corrected chi connectivity index (χ4v) is 2.80. The lowest BCUT2D eigenvalue weighted by molar-refractivity contribution is -0.136. The second kappa shape index (κ2) is 8.53. The summed E-state index contributed by atoms with van der Waals surface area (Å²) in [6, 6.07) is 5.20. The van der Waals surface area contributed by atoms with E-state index in [1.807, 2.05) is 6.07 Å². The number of nitrogens with one attached hydrogen (secondary N) is 2. The summed E-state index contributed by atoms with van der Waals surface area (Å²) in [6.45, 7) is 5.42. The number of hydrogen-bond acceptors (Lipinski definition) is 4. The van der Waals surface area contributed by atoms with Crippen LogP contribution in [-0.2, 0) is 16.1 Å². The van der Waals surface area contributed by atoms with Crippen molar-refractivity contribution in [3.05, 3.63) is 45.2 Å². The van der Waals surface area contributed by atoms with Crippen LogP contribution in [0.15, 0.2) is 18.2 Å². The summed E-state index contributed by atoms with van der Waals surface area (Å²) in [5.74, 6) is -1.64. The van der Waals surface area contributed by atoms with Gasteiger partial charge in [0.15, 0.2) is 0 Å². The Morgan fingerprint density at radius 3 is 2.58 bits per heavy atom. The van der Waals surface area contributed by atoms with Crippen LogP contribution in [0, 0.1) is 13.8 Å².